The fraction of sp³-hybridized carbons (Fsp3) is 0.462. The van der Waals surface area contributed by atoms with Gasteiger partial charge in [-0.05, 0) is 19.8 Å². The van der Waals surface area contributed by atoms with Crippen LogP contribution in [0.25, 0.3) is 0 Å². The number of sulfonamides is 1. The lowest BCUT2D eigenvalue weighted by Gasteiger charge is -2.14. The third-order valence-corrected chi connectivity index (χ3v) is 5.81. The van der Waals surface area contributed by atoms with E-state index in [-0.39, 0.29) is 23.0 Å². The highest BCUT2D eigenvalue weighted by molar-refractivity contribution is 7.89. The van der Waals surface area contributed by atoms with Crippen LogP contribution in [-0.4, -0.2) is 55.2 Å². The number of imide groups is 1. The minimum Gasteiger partial charge on any atom is -0.455 e. The van der Waals surface area contributed by atoms with E-state index in [0.717, 1.165) is 23.9 Å². The molecular formula is C13H16N4O6S. The quantitative estimate of drug-likeness (QED) is 0.704. The monoisotopic (exact) mass is 356 g/mol. The van der Waals surface area contributed by atoms with Gasteiger partial charge in [-0.2, -0.15) is 4.31 Å². The fourth-order valence-corrected chi connectivity index (χ4v) is 4.29. The molecule has 0 radical (unpaired) electrons. The first-order valence-electron chi connectivity index (χ1n) is 7.32. The van der Waals surface area contributed by atoms with Gasteiger partial charge in [0.2, 0.25) is 15.9 Å². The number of aryl methyl sites for hydroxylation is 1. The Hall–Kier alpha value is -2.40. The summed E-state index contributed by atoms with van der Waals surface area (Å²) >= 11 is 0. The number of carbonyl (C=O) groups excluding carboxylic acids is 3. The van der Waals surface area contributed by atoms with E-state index in [1.54, 1.807) is 0 Å². The number of amides is 4. The van der Waals surface area contributed by atoms with Gasteiger partial charge in [0.25, 0.3) is 0 Å². The smallest absolute Gasteiger partial charge is 0.343 e. The van der Waals surface area contributed by atoms with Gasteiger partial charge in [0.05, 0.1) is 0 Å². The van der Waals surface area contributed by atoms with Crippen molar-refractivity contribution in [2.45, 2.75) is 24.7 Å². The van der Waals surface area contributed by atoms with Crippen molar-refractivity contribution >= 4 is 27.9 Å². The van der Waals surface area contributed by atoms with Gasteiger partial charge in [-0.15, -0.1) is 0 Å². The normalized spacial score (nSPS) is 19.0. The highest BCUT2D eigenvalue weighted by atomic mass is 32.2. The molecule has 0 aromatic carbocycles. The van der Waals surface area contributed by atoms with Gasteiger partial charge < -0.3 is 4.42 Å². The summed E-state index contributed by atoms with van der Waals surface area (Å²) in [6.07, 6.45) is 1.59. The Kier molecular flexibility index (Phi) is 4.05. The Morgan fingerprint density at radius 2 is 1.96 bits per heavy atom. The van der Waals surface area contributed by atoms with E-state index < -0.39 is 27.9 Å². The van der Waals surface area contributed by atoms with Crippen molar-refractivity contribution in [1.82, 2.24) is 20.1 Å². The van der Waals surface area contributed by atoms with Crippen LogP contribution >= 0.6 is 0 Å². The van der Waals surface area contributed by atoms with Crippen LogP contribution in [-0.2, 0) is 14.8 Å². The van der Waals surface area contributed by atoms with Gasteiger partial charge in [0.15, 0.2) is 5.76 Å². The second kappa shape index (κ2) is 5.91. The summed E-state index contributed by atoms with van der Waals surface area (Å²) in [5.41, 5.74) is 2.20. The number of nitrogens with one attached hydrogen (secondary N) is 2. The second-order valence-electron chi connectivity index (χ2n) is 5.52. The molecule has 11 heteroatoms. The van der Waals surface area contributed by atoms with E-state index in [0.29, 0.717) is 13.1 Å². The molecule has 3 heterocycles. The van der Waals surface area contributed by atoms with Gasteiger partial charge in [-0.25, -0.2) is 18.2 Å². The minimum absolute atomic E-state index is 0.0727. The van der Waals surface area contributed by atoms with Gasteiger partial charge >= 0.3 is 11.9 Å². The molecule has 3 rings (SSSR count). The van der Waals surface area contributed by atoms with Crippen LogP contribution in [0.2, 0.25) is 0 Å². The zero-order valence-corrected chi connectivity index (χ0v) is 13.7. The molecule has 4 amide bonds. The predicted octanol–water partition coefficient (Wildman–Crippen LogP) is -0.431. The molecule has 10 nitrogen and oxygen atoms in total. The summed E-state index contributed by atoms with van der Waals surface area (Å²) in [6.45, 7) is 2.00. The van der Waals surface area contributed by atoms with Crippen molar-refractivity contribution in [1.29, 1.82) is 0 Å². The van der Waals surface area contributed by atoms with Gasteiger partial charge in [-0.3, -0.25) is 20.3 Å². The van der Waals surface area contributed by atoms with E-state index in [9.17, 15) is 22.8 Å². The lowest BCUT2D eigenvalue weighted by atomic mass is 10.4. The number of hydrazine groups is 1. The van der Waals surface area contributed by atoms with Crippen LogP contribution in [0.5, 0.6) is 0 Å². The number of carbonyl (C=O) groups is 3. The van der Waals surface area contributed by atoms with Crippen LogP contribution in [0.4, 0.5) is 4.79 Å². The van der Waals surface area contributed by atoms with E-state index in [1.165, 1.54) is 11.2 Å². The molecule has 2 aliphatic rings. The highest BCUT2D eigenvalue weighted by Gasteiger charge is 2.33. The SMILES string of the molecule is Cc1oc(C(=O)NN2CC(=O)NC2=O)cc1S(=O)(=O)N1CCCC1. The lowest BCUT2D eigenvalue weighted by molar-refractivity contribution is -0.118. The molecule has 0 saturated carbocycles. The summed E-state index contributed by atoms with van der Waals surface area (Å²) in [5, 5.41) is 2.79. The first kappa shape index (κ1) is 16.5. The molecule has 130 valence electrons. The Morgan fingerprint density at radius 3 is 2.54 bits per heavy atom. The molecule has 0 aliphatic carbocycles. The van der Waals surface area contributed by atoms with Crippen LogP contribution in [0.1, 0.15) is 29.2 Å². The molecule has 0 atom stereocenters. The highest BCUT2D eigenvalue weighted by Crippen LogP contribution is 2.26. The molecule has 2 aliphatic heterocycles. The zero-order chi connectivity index (χ0) is 17.5. The van der Waals surface area contributed by atoms with E-state index in [2.05, 4.69) is 5.43 Å². The summed E-state index contributed by atoms with van der Waals surface area (Å²) in [7, 11) is -3.72. The second-order valence-corrected chi connectivity index (χ2v) is 7.43. The molecule has 0 spiro atoms. The van der Waals surface area contributed by atoms with E-state index in [4.69, 9.17) is 4.42 Å². The standard InChI is InChI=1S/C13H16N4O6S/c1-8-10(24(21,22)16-4-2-3-5-16)6-9(23-8)12(19)15-17-7-11(18)14-13(17)20/h6H,2-5,7H2,1H3,(H,15,19)(H,14,18,20). The topological polar surface area (TPSA) is 129 Å². The summed E-state index contributed by atoms with van der Waals surface area (Å²) in [4.78, 5) is 34.5. The molecule has 2 N–H and O–H groups in total. The van der Waals surface area contributed by atoms with E-state index >= 15 is 0 Å². The molecule has 1 aromatic heterocycles. The number of hydrogen-bond donors (Lipinski definition) is 2. The predicted molar refractivity (Wildman–Crippen MR) is 79.1 cm³/mol. The van der Waals surface area contributed by atoms with Crippen LogP contribution in [0, 0.1) is 6.92 Å². The largest absolute Gasteiger partial charge is 0.455 e. The maximum Gasteiger partial charge on any atom is 0.343 e. The van der Waals surface area contributed by atoms with Crippen molar-refractivity contribution in [3.63, 3.8) is 0 Å². The average molecular weight is 356 g/mol. The van der Waals surface area contributed by atoms with Gasteiger partial charge in [0.1, 0.15) is 17.2 Å². The first-order valence-corrected chi connectivity index (χ1v) is 8.76. The number of urea groups is 1. The maximum absolute atomic E-state index is 12.5. The molecule has 0 bridgehead atoms. The van der Waals surface area contributed by atoms with Crippen molar-refractivity contribution in [3.05, 3.63) is 17.6 Å². The summed E-state index contributed by atoms with van der Waals surface area (Å²) in [6, 6.07) is 0.371. The van der Waals surface area contributed by atoms with Crippen molar-refractivity contribution in [2.24, 2.45) is 0 Å². The summed E-state index contributed by atoms with van der Waals surface area (Å²) in [5.74, 6) is -1.52. The minimum atomic E-state index is -3.72. The van der Waals surface area contributed by atoms with Crippen LogP contribution in [0.15, 0.2) is 15.4 Å². The molecule has 24 heavy (non-hydrogen) atoms. The Bertz CT molecular complexity index is 808. The zero-order valence-electron chi connectivity index (χ0n) is 12.9. The van der Waals surface area contributed by atoms with Crippen molar-refractivity contribution in [3.8, 4) is 0 Å². The molecule has 0 unspecified atom stereocenters. The first-order chi connectivity index (χ1) is 11.3. The van der Waals surface area contributed by atoms with Gasteiger partial charge in [0, 0.05) is 19.2 Å². The Balaban J connectivity index is 1.79. The van der Waals surface area contributed by atoms with Crippen LogP contribution < -0.4 is 10.7 Å². The van der Waals surface area contributed by atoms with Crippen molar-refractivity contribution < 1.29 is 27.2 Å². The molecule has 1 aromatic rings. The third-order valence-electron chi connectivity index (χ3n) is 3.81. The maximum atomic E-state index is 12.5. The van der Waals surface area contributed by atoms with Crippen LogP contribution in [0.3, 0.4) is 0 Å². The molecule has 2 fully saturated rings. The molecule has 2 saturated heterocycles. The fourth-order valence-electron chi connectivity index (χ4n) is 2.61. The lowest BCUT2D eigenvalue weighted by Crippen LogP contribution is -2.44. The number of nitrogens with zero attached hydrogens (tertiary/aromatic N) is 2. The summed E-state index contributed by atoms with van der Waals surface area (Å²) < 4.78 is 31.7. The average Bonchev–Trinajstić information content (AvgIpc) is 3.20. The number of rotatable bonds is 4. The number of hydrogen-bond acceptors (Lipinski definition) is 6. The van der Waals surface area contributed by atoms with E-state index in [1.807, 2.05) is 5.32 Å². The Labute approximate surface area is 137 Å². The Morgan fingerprint density at radius 1 is 1.29 bits per heavy atom. The third kappa shape index (κ3) is 2.87. The van der Waals surface area contributed by atoms with Gasteiger partial charge in [-0.1, -0.05) is 0 Å². The molecular weight excluding hydrogens is 340 g/mol. The van der Waals surface area contributed by atoms with Crippen molar-refractivity contribution in [2.75, 3.05) is 19.6 Å². The number of furan rings is 1.